The summed E-state index contributed by atoms with van der Waals surface area (Å²) < 4.78 is 5.25. The zero-order valence-corrected chi connectivity index (χ0v) is 13.1. The molecule has 0 unspecified atom stereocenters. The number of hydrogen-bond acceptors (Lipinski definition) is 3. The summed E-state index contributed by atoms with van der Waals surface area (Å²) in [6, 6.07) is 6.67. The Morgan fingerprint density at radius 1 is 1.35 bits per heavy atom. The molecular formula is C17H28N2O. The van der Waals surface area contributed by atoms with Crippen LogP contribution in [0.4, 0.5) is 5.69 Å². The van der Waals surface area contributed by atoms with E-state index in [-0.39, 0.29) is 0 Å². The Hall–Kier alpha value is -1.06. The summed E-state index contributed by atoms with van der Waals surface area (Å²) in [6.45, 7) is 9.64. The molecule has 0 spiro atoms. The van der Waals surface area contributed by atoms with Crippen LogP contribution in [0.2, 0.25) is 0 Å². The summed E-state index contributed by atoms with van der Waals surface area (Å²) in [4.78, 5) is 2.51. The van der Waals surface area contributed by atoms with Crippen LogP contribution in [0, 0.1) is 5.92 Å². The highest BCUT2D eigenvalue weighted by atomic mass is 16.5. The average molecular weight is 276 g/mol. The van der Waals surface area contributed by atoms with Crippen molar-refractivity contribution in [1.29, 1.82) is 0 Å². The van der Waals surface area contributed by atoms with E-state index < -0.39 is 0 Å². The second kappa shape index (κ2) is 7.65. The molecule has 2 rings (SSSR count). The Balaban J connectivity index is 2.09. The van der Waals surface area contributed by atoms with Gasteiger partial charge in [-0.1, -0.05) is 26.0 Å². The number of nitrogens with one attached hydrogen (secondary N) is 1. The topological polar surface area (TPSA) is 24.5 Å². The van der Waals surface area contributed by atoms with Gasteiger partial charge in [-0.3, -0.25) is 4.90 Å². The first kappa shape index (κ1) is 15.3. The summed E-state index contributed by atoms with van der Waals surface area (Å²) in [5.74, 6) is 0.685. The van der Waals surface area contributed by atoms with Crippen molar-refractivity contribution in [3.8, 4) is 0 Å². The second-order valence-corrected chi connectivity index (χ2v) is 6.10. The third kappa shape index (κ3) is 4.22. The number of anilines is 1. The van der Waals surface area contributed by atoms with Gasteiger partial charge in [0.1, 0.15) is 0 Å². The van der Waals surface area contributed by atoms with Gasteiger partial charge in [-0.2, -0.15) is 0 Å². The van der Waals surface area contributed by atoms with Gasteiger partial charge in [0.05, 0.1) is 6.61 Å². The average Bonchev–Trinajstić information content (AvgIpc) is 2.44. The van der Waals surface area contributed by atoms with E-state index in [0.29, 0.717) is 5.92 Å². The molecule has 0 atom stereocenters. The van der Waals surface area contributed by atoms with Crippen LogP contribution in [-0.2, 0) is 17.7 Å². The van der Waals surface area contributed by atoms with Crippen LogP contribution in [0.15, 0.2) is 18.2 Å². The highest BCUT2D eigenvalue weighted by Gasteiger charge is 2.15. The molecule has 112 valence electrons. The van der Waals surface area contributed by atoms with E-state index in [2.05, 4.69) is 42.3 Å². The number of benzene rings is 1. The van der Waals surface area contributed by atoms with Crippen molar-refractivity contribution in [2.24, 2.45) is 5.92 Å². The van der Waals surface area contributed by atoms with Gasteiger partial charge in [-0.05, 0) is 36.0 Å². The van der Waals surface area contributed by atoms with Crippen molar-refractivity contribution in [1.82, 2.24) is 4.90 Å². The fourth-order valence-electron chi connectivity index (χ4n) is 2.94. The predicted octanol–water partition coefficient (Wildman–Crippen LogP) is 3.15. The molecule has 1 heterocycles. The molecule has 1 aliphatic heterocycles. The maximum Gasteiger partial charge on any atom is 0.0589 e. The summed E-state index contributed by atoms with van der Waals surface area (Å²) in [6.07, 6.45) is 2.45. The third-order valence-electron chi connectivity index (χ3n) is 3.82. The number of rotatable bonds is 7. The van der Waals surface area contributed by atoms with Crippen LogP contribution < -0.4 is 5.32 Å². The highest BCUT2D eigenvalue weighted by Crippen LogP contribution is 2.26. The van der Waals surface area contributed by atoms with Crippen molar-refractivity contribution in [2.45, 2.75) is 33.2 Å². The molecule has 3 nitrogen and oxygen atoms in total. The molecule has 0 saturated heterocycles. The first-order valence-corrected chi connectivity index (χ1v) is 7.76. The van der Waals surface area contributed by atoms with Crippen molar-refractivity contribution < 1.29 is 4.74 Å². The highest BCUT2D eigenvalue weighted by molar-refractivity contribution is 5.56. The molecular weight excluding hydrogens is 248 g/mol. The van der Waals surface area contributed by atoms with Gasteiger partial charge in [0.15, 0.2) is 0 Å². The molecule has 3 heteroatoms. The van der Waals surface area contributed by atoms with Crippen LogP contribution in [0.3, 0.4) is 0 Å². The number of fused-ring (bicyclic) bond motifs is 1. The van der Waals surface area contributed by atoms with E-state index in [1.807, 2.05) is 0 Å². The largest absolute Gasteiger partial charge is 0.385 e. The first-order valence-electron chi connectivity index (χ1n) is 7.76. The molecule has 1 aliphatic rings. The van der Waals surface area contributed by atoms with Crippen molar-refractivity contribution >= 4 is 5.69 Å². The summed E-state index contributed by atoms with van der Waals surface area (Å²) in [5.41, 5.74) is 4.33. The van der Waals surface area contributed by atoms with E-state index >= 15 is 0 Å². The third-order valence-corrected chi connectivity index (χ3v) is 3.82. The Kier molecular flexibility index (Phi) is 5.86. The maximum atomic E-state index is 5.25. The Morgan fingerprint density at radius 2 is 2.20 bits per heavy atom. The standard InChI is InChI=1S/C17H28N2O/c1-14(2)12-19(10-11-20-3)13-15-6-4-8-17-16(15)7-5-9-18-17/h4,6,8,14,18H,5,7,9-13H2,1-3H3. The second-order valence-electron chi connectivity index (χ2n) is 6.10. The zero-order valence-electron chi connectivity index (χ0n) is 13.1. The normalized spacial score (nSPS) is 14.4. The molecule has 0 aliphatic carbocycles. The van der Waals surface area contributed by atoms with Crippen molar-refractivity contribution in [3.63, 3.8) is 0 Å². The molecule has 1 aromatic carbocycles. The number of nitrogens with zero attached hydrogens (tertiary/aromatic N) is 1. The van der Waals surface area contributed by atoms with Gasteiger partial charge >= 0.3 is 0 Å². The molecule has 1 aromatic rings. The quantitative estimate of drug-likeness (QED) is 0.828. The van der Waals surface area contributed by atoms with Crippen molar-refractivity contribution in [3.05, 3.63) is 29.3 Å². The van der Waals surface area contributed by atoms with Gasteiger partial charge in [0.2, 0.25) is 0 Å². The summed E-state index contributed by atoms with van der Waals surface area (Å²) in [7, 11) is 1.78. The smallest absolute Gasteiger partial charge is 0.0589 e. The maximum absolute atomic E-state index is 5.25. The van der Waals surface area contributed by atoms with Gasteiger partial charge in [-0.15, -0.1) is 0 Å². The molecule has 0 aromatic heterocycles. The molecule has 20 heavy (non-hydrogen) atoms. The monoisotopic (exact) mass is 276 g/mol. The lowest BCUT2D eigenvalue weighted by atomic mass is 9.97. The predicted molar refractivity (Wildman–Crippen MR) is 85.2 cm³/mol. The molecule has 0 radical (unpaired) electrons. The fourth-order valence-corrected chi connectivity index (χ4v) is 2.94. The minimum Gasteiger partial charge on any atom is -0.385 e. The first-order chi connectivity index (χ1) is 9.70. The van der Waals surface area contributed by atoms with Gasteiger partial charge in [0.25, 0.3) is 0 Å². The Bertz CT molecular complexity index is 417. The molecule has 0 bridgehead atoms. The molecule has 0 amide bonds. The van der Waals surface area contributed by atoms with Crippen LogP contribution >= 0.6 is 0 Å². The van der Waals surface area contributed by atoms with Crippen molar-refractivity contribution in [2.75, 3.05) is 38.7 Å². The summed E-state index contributed by atoms with van der Waals surface area (Å²) >= 11 is 0. The van der Waals surface area contributed by atoms with Crippen LogP contribution in [0.1, 0.15) is 31.4 Å². The Morgan fingerprint density at radius 3 is 2.95 bits per heavy atom. The SMILES string of the molecule is COCCN(Cc1cccc2c1CCCN2)CC(C)C. The van der Waals surface area contributed by atoms with Crippen LogP contribution in [0.25, 0.3) is 0 Å². The molecule has 0 fully saturated rings. The number of methoxy groups -OCH3 is 1. The van der Waals surface area contributed by atoms with E-state index in [1.165, 1.54) is 29.7 Å². The molecule has 0 saturated carbocycles. The fraction of sp³-hybridized carbons (Fsp3) is 0.647. The Labute approximate surface area is 123 Å². The number of ether oxygens (including phenoxy) is 1. The van der Waals surface area contributed by atoms with E-state index in [0.717, 1.165) is 32.8 Å². The summed E-state index contributed by atoms with van der Waals surface area (Å²) in [5, 5.41) is 3.52. The van der Waals surface area contributed by atoms with Gasteiger partial charge in [0, 0.05) is 39.0 Å². The molecule has 1 N–H and O–H groups in total. The zero-order chi connectivity index (χ0) is 14.4. The van der Waals surface area contributed by atoms with E-state index in [1.54, 1.807) is 7.11 Å². The van der Waals surface area contributed by atoms with Crippen LogP contribution in [0.5, 0.6) is 0 Å². The lowest BCUT2D eigenvalue weighted by molar-refractivity contribution is 0.136. The minimum absolute atomic E-state index is 0.685. The minimum atomic E-state index is 0.685. The van der Waals surface area contributed by atoms with E-state index in [9.17, 15) is 0 Å². The van der Waals surface area contributed by atoms with Crippen LogP contribution in [-0.4, -0.2) is 38.3 Å². The van der Waals surface area contributed by atoms with Gasteiger partial charge in [-0.25, -0.2) is 0 Å². The van der Waals surface area contributed by atoms with E-state index in [4.69, 9.17) is 4.74 Å². The number of hydrogen-bond donors (Lipinski definition) is 1. The van der Waals surface area contributed by atoms with Gasteiger partial charge < -0.3 is 10.1 Å². The lowest BCUT2D eigenvalue weighted by Gasteiger charge is -2.27. The lowest BCUT2D eigenvalue weighted by Crippen LogP contribution is -2.31.